The van der Waals surface area contributed by atoms with Crippen molar-refractivity contribution in [1.82, 2.24) is 0 Å². The molecule has 0 bridgehead atoms. The molecule has 0 saturated carbocycles. The Morgan fingerprint density at radius 1 is 1.47 bits per heavy atom. The van der Waals surface area contributed by atoms with Crippen LogP contribution in [0.25, 0.3) is 0 Å². The molecule has 1 rings (SSSR count). The quantitative estimate of drug-likeness (QED) is 0.594. The van der Waals surface area contributed by atoms with Crippen LogP contribution >= 0.6 is 11.6 Å². The maximum atomic E-state index is 12.6. The fraction of sp³-hybridized carbons (Fsp3) is 0.300. The van der Waals surface area contributed by atoms with E-state index in [1.807, 2.05) is 0 Å². The molecule has 0 fully saturated rings. The zero-order chi connectivity index (χ0) is 11.6. The summed E-state index contributed by atoms with van der Waals surface area (Å²) in [5, 5.41) is -3.90. The lowest BCUT2D eigenvalue weighted by atomic mass is 10.1. The molecule has 0 aromatic heterocycles. The Bertz CT molecular complexity index is 385. The molecular weight excluding hydrogens is 226 g/mol. The van der Waals surface area contributed by atoms with Gasteiger partial charge in [-0.15, -0.1) is 0 Å². The zero-order valence-corrected chi connectivity index (χ0v) is 8.94. The van der Waals surface area contributed by atoms with Gasteiger partial charge < -0.3 is 4.74 Å². The molecule has 0 aliphatic rings. The fourth-order valence-electron chi connectivity index (χ4n) is 1.15. The third-order valence-corrected chi connectivity index (χ3v) is 2.03. The van der Waals surface area contributed by atoms with Gasteiger partial charge in [-0.2, -0.15) is 8.78 Å². The Balaban J connectivity index is 3.23. The standard InChI is InChI=1S/C10H9ClF2O2/c1-6-3-4-8(15-2)7(5-6)9(14)10(11,12)13/h3-5H,1-2H3. The molecule has 0 heterocycles. The van der Waals surface area contributed by atoms with Gasteiger partial charge in [-0.25, -0.2) is 0 Å². The average molecular weight is 235 g/mol. The number of ether oxygens (including phenoxy) is 1. The molecule has 0 aliphatic heterocycles. The SMILES string of the molecule is COc1ccc(C)cc1C(=O)C(F)(F)Cl. The Morgan fingerprint density at radius 2 is 2.07 bits per heavy atom. The van der Waals surface area contributed by atoms with Crippen LogP contribution in [0.2, 0.25) is 0 Å². The number of hydrogen-bond donors (Lipinski definition) is 0. The van der Waals surface area contributed by atoms with Crippen molar-refractivity contribution < 1.29 is 18.3 Å². The van der Waals surface area contributed by atoms with Crippen LogP contribution in [-0.2, 0) is 0 Å². The molecule has 82 valence electrons. The second-order valence-electron chi connectivity index (χ2n) is 3.03. The van der Waals surface area contributed by atoms with E-state index in [-0.39, 0.29) is 11.3 Å². The van der Waals surface area contributed by atoms with Gasteiger partial charge in [0.2, 0.25) is 0 Å². The number of halogens is 3. The molecular formula is C10H9ClF2O2. The predicted octanol–water partition coefficient (Wildman–Crippen LogP) is 3.02. The first-order valence-corrected chi connectivity index (χ1v) is 4.50. The van der Waals surface area contributed by atoms with Gasteiger partial charge >= 0.3 is 5.38 Å². The van der Waals surface area contributed by atoms with Gasteiger partial charge in [0.25, 0.3) is 5.78 Å². The lowest BCUT2D eigenvalue weighted by Gasteiger charge is -2.11. The zero-order valence-electron chi connectivity index (χ0n) is 8.18. The number of rotatable bonds is 3. The van der Waals surface area contributed by atoms with Crippen molar-refractivity contribution >= 4 is 17.4 Å². The van der Waals surface area contributed by atoms with Crippen molar-refractivity contribution in [3.05, 3.63) is 29.3 Å². The summed E-state index contributed by atoms with van der Waals surface area (Å²) in [7, 11) is 1.30. The molecule has 0 aliphatic carbocycles. The highest BCUT2D eigenvalue weighted by atomic mass is 35.5. The Labute approximate surface area is 90.8 Å². The normalized spacial score (nSPS) is 11.3. The van der Waals surface area contributed by atoms with E-state index in [4.69, 9.17) is 4.74 Å². The number of aryl methyl sites for hydroxylation is 1. The van der Waals surface area contributed by atoms with Crippen molar-refractivity contribution in [2.45, 2.75) is 12.3 Å². The average Bonchev–Trinajstić information content (AvgIpc) is 2.15. The second-order valence-corrected chi connectivity index (χ2v) is 3.51. The number of Topliss-reactive ketones (excluding diaryl/α,β-unsaturated/α-hetero) is 1. The predicted molar refractivity (Wildman–Crippen MR) is 52.9 cm³/mol. The highest BCUT2D eigenvalue weighted by molar-refractivity contribution is 6.35. The van der Waals surface area contributed by atoms with Crippen molar-refractivity contribution in [2.24, 2.45) is 0 Å². The summed E-state index contributed by atoms with van der Waals surface area (Å²) >= 11 is 4.66. The number of alkyl halides is 3. The van der Waals surface area contributed by atoms with Crippen molar-refractivity contribution in [2.75, 3.05) is 7.11 Å². The number of benzene rings is 1. The lowest BCUT2D eigenvalue weighted by Crippen LogP contribution is -2.22. The molecule has 1 aromatic rings. The van der Waals surface area contributed by atoms with E-state index in [1.54, 1.807) is 13.0 Å². The minimum absolute atomic E-state index is 0.0888. The van der Waals surface area contributed by atoms with Crippen LogP contribution in [0, 0.1) is 6.92 Å². The molecule has 0 radical (unpaired) electrons. The minimum Gasteiger partial charge on any atom is -0.496 e. The number of ketones is 1. The molecule has 0 N–H and O–H groups in total. The van der Waals surface area contributed by atoms with Crippen LogP contribution in [0.4, 0.5) is 8.78 Å². The fourth-order valence-corrected chi connectivity index (χ4v) is 1.25. The van der Waals surface area contributed by atoms with Gasteiger partial charge in [0.15, 0.2) is 0 Å². The minimum atomic E-state index is -3.90. The van der Waals surface area contributed by atoms with Crippen molar-refractivity contribution in [3.8, 4) is 5.75 Å². The highest BCUT2D eigenvalue weighted by Gasteiger charge is 2.38. The summed E-state index contributed by atoms with van der Waals surface area (Å²) in [6.07, 6.45) is 0. The van der Waals surface area contributed by atoms with Gasteiger partial charge in [0.05, 0.1) is 12.7 Å². The van der Waals surface area contributed by atoms with Crippen LogP contribution in [0.5, 0.6) is 5.75 Å². The van der Waals surface area contributed by atoms with Crippen molar-refractivity contribution in [1.29, 1.82) is 0 Å². The maximum absolute atomic E-state index is 12.6. The van der Waals surface area contributed by atoms with Crippen LogP contribution in [0.1, 0.15) is 15.9 Å². The summed E-state index contributed by atoms with van der Waals surface area (Å²) in [5.74, 6) is -1.37. The van der Waals surface area contributed by atoms with Crippen LogP contribution in [-0.4, -0.2) is 18.3 Å². The van der Waals surface area contributed by atoms with Gasteiger partial charge in [0, 0.05) is 0 Å². The molecule has 1 aromatic carbocycles. The summed E-state index contributed by atoms with van der Waals surface area (Å²) < 4.78 is 30.0. The summed E-state index contributed by atoms with van der Waals surface area (Å²) in [6, 6.07) is 4.42. The van der Waals surface area contributed by atoms with Crippen LogP contribution < -0.4 is 4.74 Å². The van der Waals surface area contributed by atoms with E-state index < -0.39 is 11.2 Å². The molecule has 0 amide bonds. The molecule has 15 heavy (non-hydrogen) atoms. The van der Waals surface area contributed by atoms with E-state index in [9.17, 15) is 13.6 Å². The van der Waals surface area contributed by atoms with E-state index in [1.165, 1.54) is 19.2 Å². The lowest BCUT2D eigenvalue weighted by molar-refractivity contribution is 0.0533. The summed E-state index contributed by atoms with van der Waals surface area (Å²) in [6.45, 7) is 1.68. The molecule has 5 heteroatoms. The largest absolute Gasteiger partial charge is 0.496 e. The Kier molecular flexibility index (Phi) is 3.29. The summed E-state index contributed by atoms with van der Waals surface area (Å²) in [4.78, 5) is 11.2. The van der Waals surface area contributed by atoms with Gasteiger partial charge in [-0.3, -0.25) is 4.79 Å². The van der Waals surface area contributed by atoms with Gasteiger partial charge in [0.1, 0.15) is 5.75 Å². The smallest absolute Gasteiger partial charge is 0.385 e. The second kappa shape index (κ2) is 4.14. The van der Waals surface area contributed by atoms with E-state index in [0.29, 0.717) is 5.56 Å². The first-order valence-electron chi connectivity index (χ1n) is 4.12. The molecule has 0 unspecified atom stereocenters. The third-order valence-electron chi connectivity index (χ3n) is 1.86. The number of hydrogen-bond acceptors (Lipinski definition) is 2. The first kappa shape index (κ1) is 11.9. The van der Waals surface area contributed by atoms with E-state index >= 15 is 0 Å². The molecule has 0 atom stereocenters. The molecule has 0 saturated heterocycles. The number of methoxy groups -OCH3 is 1. The number of carbonyl (C=O) groups is 1. The van der Waals surface area contributed by atoms with E-state index in [0.717, 1.165) is 0 Å². The van der Waals surface area contributed by atoms with E-state index in [2.05, 4.69) is 11.6 Å². The van der Waals surface area contributed by atoms with Crippen molar-refractivity contribution in [3.63, 3.8) is 0 Å². The Morgan fingerprint density at radius 3 is 2.53 bits per heavy atom. The summed E-state index contributed by atoms with van der Waals surface area (Å²) in [5.41, 5.74) is 0.470. The monoisotopic (exact) mass is 234 g/mol. The Hall–Kier alpha value is -1.16. The number of carbonyl (C=O) groups excluding carboxylic acids is 1. The maximum Gasteiger partial charge on any atom is 0.385 e. The third kappa shape index (κ3) is 2.65. The topological polar surface area (TPSA) is 26.3 Å². The van der Waals surface area contributed by atoms with Gasteiger partial charge in [-0.05, 0) is 30.7 Å². The van der Waals surface area contributed by atoms with Gasteiger partial charge in [-0.1, -0.05) is 11.6 Å². The molecule has 2 nitrogen and oxygen atoms in total. The first-order chi connectivity index (χ1) is 6.86. The highest BCUT2D eigenvalue weighted by Crippen LogP contribution is 2.29. The molecule has 0 spiro atoms. The van der Waals surface area contributed by atoms with Crippen LogP contribution in [0.3, 0.4) is 0 Å². The van der Waals surface area contributed by atoms with Crippen LogP contribution in [0.15, 0.2) is 18.2 Å².